The van der Waals surface area contributed by atoms with E-state index in [-0.39, 0.29) is 17.6 Å². The fourth-order valence-electron chi connectivity index (χ4n) is 3.95. The first-order valence-corrected chi connectivity index (χ1v) is 11.5. The van der Waals surface area contributed by atoms with Gasteiger partial charge in [0.1, 0.15) is 22.7 Å². The number of aromatic nitrogens is 3. The third-order valence-corrected chi connectivity index (χ3v) is 5.71. The van der Waals surface area contributed by atoms with E-state index in [2.05, 4.69) is 20.6 Å². The number of alkyl carbamates (subject to hydrolysis) is 1. The molecule has 1 aromatic carbocycles. The summed E-state index contributed by atoms with van der Waals surface area (Å²) in [5.41, 5.74) is 0.767. The standard InChI is InChI=1S/C25H31N5O6/c1-25(2,3)36-24(32)28-20-13-35-12-19(20)27-23-26-11-15-9-18(22(31)30(4)21(15)29-23)14-7-16(33-5)10-17(8-14)34-6/h7-11,19-20H,12-13H2,1-6H3,(H,28,32)(H,26,27,29)/t19-,20+/m1/s1. The molecule has 2 N–H and O–H groups in total. The van der Waals surface area contributed by atoms with Gasteiger partial charge in [-0.15, -0.1) is 0 Å². The number of anilines is 1. The lowest BCUT2D eigenvalue weighted by Gasteiger charge is -2.24. The number of aryl methyl sites for hydroxylation is 1. The summed E-state index contributed by atoms with van der Waals surface area (Å²) in [7, 11) is 4.78. The molecule has 3 heterocycles. The number of carbonyl (C=O) groups excluding carboxylic acids is 1. The van der Waals surface area contributed by atoms with Crippen LogP contribution in [0.15, 0.2) is 35.3 Å². The van der Waals surface area contributed by atoms with Crippen molar-refractivity contribution in [3.63, 3.8) is 0 Å². The molecule has 2 atom stereocenters. The van der Waals surface area contributed by atoms with E-state index in [9.17, 15) is 9.59 Å². The fourth-order valence-corrected chi connectivity index (χ4v) is 3.95. The van der Waals surface area contributed by atoms with Crippen LogP contribution in [-0.2, 0) is 16.5 Å². The monoisotopic (exact) mass is 497 g/mol. The van der Waals surface area contributed by atoms with E-state index >= 15 is 0 Å². The molecule has 3 aromatic rings. The molecule has 2 aromatic heterocycles. The molecular weight excluding hydrogens is 466 g/mol. The van der Waals surface area contributed by atoms with Gasteiger partial charge in [-0.05, 0) is 44.5 Å². The Labute approximate surface area is 208 Å². The Morgan fingerprint density at radius 2 is 1.75 bits per heavy atom. The van der Waals surface area contributed by atoms with Gasteiger partial charge >= 0.3 is 6.09 Å². The van der Waals surface area contributed by atoms with Crippen LogP contribution < -0.4 is 25.7 Å². The molecule has 0 spiro atoms. The highest BCUT2D eigenvalue weighted by molar-refractivity contribution is 5.82. The van der Waals surface area contributed by atoms with E-state index in [0.29, 0.717) is 52.8 Å². The van der Waals surface area contributed by atoms with Gasteiger partial charge in [0.05, 0.1) is 39.5 Å². The summed E-state index contributed by atoms with van der Waals surface area (Å²) in [6, 6.07) is 6.46. The van der Waals surface area contributed by atoms with Crippen LogP contribution in [0.3, 0.4) is 0 Å². The summed E-state index contributed by atoms with van der Waals surface area (Å²) in [6.07, 6.45) is 1.13. The smallest absolute Gasteiger partial charge is 0.408 e. The van der Waals surface area contributed by atoms with Crippen molar-refractivity contribution >= 4 is 23.1 Å². The van der Waals surface area contributed by atoms with Gasteiger partial charge in [-0.1, -0.05) is 0 Å². The lowest BCUT2D eigenvalue weighted by molar-refractivity contribution is 0.0497. The van der Waals surface area contributed by atoms with Gasteiger partial charge in [-0.3, -0.25) is 9.36 Å². The highest BCUT2D eigenvalue weighted by Gasteiger charge is 2.31. The second-order valence-corrected chi connectivity index (χ2v) is 9.54. The van der Waals surface area contributed by atoms with Crippen molar-refractivity contribution in [1.82, 2.24) is 19.9 Å². The van der Waals surface area contributed by atoms with Gasteiger partial charge in [0.25, 0.3) is 5.56 Å². The molecule has 1 aliphatic rings. The van der Waals surface area contributed by atoms with Gasteiger partial charge in [-0.2, -0.15) is 4.98 Å². The first-order valence-electron chi connectivity index (χ1n) is 11.5. The van der Waals surface area contributed by atoms with E-state index < -0.39 is 11.7 Å². The minimum atomic E-state index is -0.604. The number of hydrogen-bond donors (Lipinski definition) is 2. The summed E-state index contributed by atoms with van der Waals surface area (Å²) in [6.45, 7) is 6.10. The van der Waals surface area contributed by atoms with Crippen LogP contribution in [0.2, 0.25) is 0 Å². The lowest BCUT2D eigenvalue weighted by atomic mass is 10.1. The SMILES string of the molecule is COc1cc(OC)cc(-c2cc3cnc(N[C@@H]4COC[C@@H]4NC(=O)OC(C)(C)C)nc3n(C)c2=O)c1. The molecule has 0 bridgehead atoms. The molecule has 0 unspecified atom stereocenters. The molecule has 11 heteroatoms. The van der Waals surface area contributed by atoms with Crippen molar-refractivity contribution in [1.29, 1.82) is 0 Å². The predicted molar refractivity (Wildman–Crippen MR) is 135 cm³/mol. The number of rotatable bonds is 6. The molecular formula is C25H31N5O6. The normalized spacial score (nSPS) is 17.6. The Morgan fingerprint density at radius 1 is 1.08 bits per heavy atom. The van der Waals surface area contributed by atoms with Crippen molar-refractivity contribution in [3.8, 4) is 22.6 Å². The number of carbonyl (C=O) groups is 1. The van der Waals surface area contributed by atoms with Crippen LogP contribution in [0, 0.1) is 0 Å². The van der Waals surface area contributed by atoms with Crippen molar-refractivity contribution in [2.45, 2.75) is 38.5 Å². The maximum absolute atomic E-state index is 13.2. The first kappa shape index (κ1) is 25.2. The average Bonchev–Trinajstić information content (AvgIpc) is 3.26. The van der Waals surface area contributed by atoms with Crippen LogP contribution in [0.1, 0.15) is 20.8 Å². The van der Waals surface area contributed by atoms with Crippen molar-refractivity contribution in [3.05, 3.63) is 40.8 Å². The Kier molecular flexibility index (Phi) is 7.02. The Morgan fingerprint density at radius 3 is 2.39 bits per heavy atom. The molecule has 36 heavy (non-hydrogen) atoms. The zero-order valence-electron chi connectivity index (χ0n) is 21.2. The van der Waals surface area contributed by atoms with Crippen LogP contribution in [-0.4, -0.2) is 65.7 Å². The van der Waals surface area contributed by atoms with Crippen LogP contribution in [0.25, 0.3) is 22.2 Å². The third-order valence-electron chi connectivity index (χ3n) is 5.71. The second kappa shape index (κ2) is 10.0. The summed E-state index contributed by atoms with van der Waals surface area (Å²) < 4.78 is 23.1. The summed E-state index contributed by atoms with van der Waals surface area (Å²) in [4.78, 5) is 34.4. The minimum absolute atomic E-state index is 0.226. The van der Waals surface area contributed by atoms with Crippen molar-refractivity contribution in [2.24, 2.45) is 7.05 Å². The summed E-state index contributed by atoms with van der Waals surface area (Å²) in [5.74, 6) is 1.48. The second-order valence-electron chi connectivity index (χ2n) is 9.54. The maximum atomic E-state index is 13.2. The van der Waals surface area contributed by atoms with Gasteiger partial charge in [-0.25, -0.2) is 9.78 Å². The topological polar surface area (TPSA) is 126 Å². The first-order chi connectivity index (χ1) is 17.1. The highest BCUT2D eigenvalue weighted by Crippen LogP contribution is 2.29. The van der Waals surface area contributed by atoms with E-state index in [1.165, 1.54) is 4.57 Å². The molecule has 0 radical (unpaired) electrons. The van der Waals surface area contributed by atoms with E-state index in [1.54, 1.807) is 72.5 Å². The molecule has 0 saturated carbocycles. The molecule has 1 fully saturated rings. The molecule has 0 aliphatic carbocycles. The number of nitrogens with zero attached hydrogens (tertiary/aromatic N) is 3. The molecule has 192 valence electrons. The van der Waals surface area contributed by atoms with Crippen LogP contribution in [0.4, 0.5) is 10.7 Å². The number of fused-ring (bicyclic) bond motifs is 1. The third kappa shape index (κ3) is 5.51. The predicted octanol–water partition coefficient (Wildman–Crippen LogP) is 2.72. The molecule has 1 aliphatic heterocycles. The van der Waals surface area contributed by atoms with Gasteiger partial charge in [0.15, 0.2) is 0 Å². The number of ether oxygens (including phenoxy) is 4. The Bertz CT molecular complexity index is 1310. The Hall–Kier alpha value is -3.86. The average molecular weight is 498 g/mol. The van der Waals surface area contributed by atoms with E-state index in [1.807, 2.05) is 0 Å². The van der Waals surface area contributed by atoms with E-state index in [4.69, 9.17) is 18.9 Å². The van der Waals surface area contributed by atoms with Crippen molar-refractivity contribution < 1.29 is 23.7 Å². The quantitative estimate of drug-likeness (QED) is 0.529. The van der Waals surface area contributed by atoms with Crippen molar-refractivity contribution in [2.75, 3.05) is 32.8 Å². The fraction of sp³-hybridized carbons (Fsp3) is 0.440. The lowest BCUT2D eigenvalue weighted by Crippen LogP contribution is -2.47. The van der Waals surface area contributed by atoms with Crippen LogP contribution in [0.5, 0.6) is 11.5 Å². The number of pyridine rings is 1. The summed E-state index contributed by atoms with van der Waals surface area (Å²) in [5, 5.41) is 6.72. The molecule has 4 rings (SSSR count). The largest absolute Gasteiger partial charge is 0.497 e. The number of hydrogen-bond acceptors (Lipinski definition) is 9. The Balaban J connectivity index is 1.60. The summed E-state index contributed by atoms with van der Waals surface area (Å²) >= 11 is 0. The number of benzene rings is 1. The number of nitrogens with one attached hydrogen (secondary N) is 2. The molecule has 1 saturated heterocycles. The zero-order valence-corrected chi connectivity index (χ0v) is 21.2. The van der Waals surface area contributed by atoms with Crippen LogP contribution >= 0.6 is 0 Å². The molecule has 11 nitrogen and oxygen atoms in total. The zero-order chi connectivity index (χ0) is 26.0. The highest BCUT2D eigenvalue weighted by atomic mass is 16.6. The van der Waals surface area contributed by atoms with E-state index in [0.717, 1.165) is 0 Å². The van der Waals surface area contributed by atoms with Gasteiger partial charge in [0, 0.05) is 30.3 Å². The maximum Gasteiger partial charge on any atom is 0.408 e. The number of amides is 1. The van der Waals surface area contributed by atoms with Gasteiger partial charge in [0.2, 0.25) is 5.95 Å². The minimum Gasteiger partial charge on any atom is -0.497 e. The molecule has 1 amide bonds. The number of methoxy groups -OCH3 is 2. The van der Waals surface area contributed by atoms with Gasteiger partial charge < -0.3 is 29.6 Å².